The van der Waals surface area contributed by atoms with Crippen molar-refractivity contribution in [1.82, 2.24) is 9.88 Å². The Kier molecular flexibility index (Phi) is 5.25. The van der Waals surface area contributed by atoms with Gasteiger partial charge in [-0.05, 0) is 43.2 Å². The van der Waals surface area contributed by atoms with Crippen LogP contribution < -0.4 is 0 Å². The number of carboxylic acid groups (broad SMARTS) is 1. The SMILES string of the molecule is O=C(O)c1cccc(C(=O)N(Cc2cc(F)ccc2F)C2CCCC2)n1. The van der Waals surface area contributed by atoms with E-state index in [1.54, 1.807) is 0 Å². The molecule has 1 amide bonds. The minimum Gasteiger partial charge on any atom is -0.477 e. The Morgan fingerprint density at radius 1 is 1.12 bits per heavy atom. The van der Waals surface area contributed by atoms with Crippen LogP contribution in [-0.2, 0) is 6.54 Å². The molecule has 1 heterocycles. The molecule has 0 bridgehead atoms. The topological polar surface area (TPSA) is 70.5 Å². The van der Waals surface area contributed by atoms with Gasteiger partial charge in [-0.3, -0.25) is 4.79 Å². The van der Waals surface area contributed by atoms with Crippen LogP contribution in [0.4, 0.5) is 8.78 Å². The van der Waals surface area contributed by atoms with E-state index in [0.717, 1.165) is 43.9 Å². The summed E-state index contributed by atoms with van der Waals surface area (Å²) >= 11 is 0. The van der Waals surface area contributed by atoms with Crippen molar-refractivity contribution < 1.29 is 23.5 Å². The van der Waals surface area contributed by atoms with E-state index in [0.29, 0.717) is 0 Å². The second-order valence-electron chi connectivity index (χ2n) is 6.32. The zero-order valence-corrected chi connectivity index (χ0v) is 14.0. The number of hydrogen-bond acceptors (Lipinski definition) is 3. The first-order valence-electron chi connectivity index (χ1n) is 8.41. The van der Waals surface area contributed by atoms with E-state index in [1.165, 1.54) is 23.1 Å². The summed E-state index contributed by atoms with van der Waals surface area (Å²) in [6.07, 6.45) is 3.42. The van der Waals surface area contributed by atoms with Gasteiger partial charge in [0, 0.05) is 18.2 Å². The molecule has 1 aromatic carbocycles. The molecule has 3 rings (SSSR count). The fourth-order valence-corrected chi connectivity index (χ4v) is 3.25. The van der Waals surface area contributed by atoms with Crippen molar-refractivity contribution in [1.29, 1.82) is 0 Å². The number of aromatic nitrogens is 1. The van der Waals surface area contributed by atoms with Crippen molar-refractivity contribution in [2.24, 2.45) is 0 Å². The third-order valence-electron chi connectivity index (χ3n) is 4.56. The molecule has 0 radical (unpaired) electrons. The largest absolute Gasteiger partial charge is 0.477 e. The highest BCUT2D eigenvalue weighted by Gasteiger charge is 2.29. The Morgan fingerprint density at radius 3 is 2.50 bits per heavy atom. The van der Waals surface area contributed by atoms with Crippen molar-refractivity contribution in [3.8, 4) is 0 Å². The molecule has 2 aromatic rings. The van der Waals surface area contributed by atoms with Crippen molar-refractivity contribution in [2.75, 3.05) is 0 Å². The zero-order chi connectivity index (χ0) is 18.7. The molecule has 1 N–H and O–H groups in total. The fourth-order valence-electron chi connectivity index (χ4n) is 3.25. The maximum atomic E-state index is 14.1. The molecule has 26 heavy (non-hydrogen) atoms. The molecule has 0 spiro atoms. The molecule has 5 nitrogen and oxygen atoms in total. The highest BCUT2D eigenvalue weighted by Crippen LogP contribution is 2.27. The van der Waals surface area contributed by atoms with Crippen molar-refractivity contribution in [2.45, 2.75) is 38.3 Å². The second kappa shape index (κ2) is 7.59. The van der Waals surface area contributed by atoms with Crippen LogP contribution in [0.5, 0.6) is 0 Å². The number of pyridine rings is 1. The molecule has 7 heteroatoms. The van der Waals surface area contributed by atoms with Crippen molar-refractivity contribution >= 4 is 11.9 Å². The van der Waals surface area contributed by atoms with E-state index in [2.05, 4.69) is 4.98 Å². The van der Waals surface area contributed by atoms with Crippen molar-refractivity contribution in [3.05, 3.63) is 65.0 Å². The van der Waals surface area contributed by atoms with Gasteiger partial charge < -0.3 is 10.0 Å². The predicted molar refractivity (Wildman–Crippen MR) is 89.7 cm³/mol. The normalized spacial score (nSPS) is 14.4. The van der Waals surface area contributed by atoms with Crippen LogP contribution in [0.25, 0.3) is 0 Å². The van der Waals surface area contributed by atoms with Gasteiger partial charge in [0.2, 0.25) is 0 Å². The highest BCUT2D eigenvalue weighted by molar-refractivity contribution is 5.94. The Labute approximate surface area is 149 Å². The quantitative estimate of drug-likeness (QED) is 0.884. The average Bonchev–Trinajstić information content (AvgIpc) is 3.16. The molecule has 0 atom stereocenters. The monoisotopic (exact) mass is 360 g/mol. The van der Waals surface area contributed by atoms with Gasteiger partial charge in [0.05, 0.1) is 0 Å². The number of hydrogen-bond donors (Lipinski definition) is 1. The Bertz CT molecular complexity index is 835. The maximum absolute atomic E-state index is 14.1. The summed E-state index contributed by atoms with van der Waals surface area (Å²) < 4.78 is 27.5. The summed E-state index contributed by atoms with van der Waals surface area (Å²) in [6, 6.07) is 7.19. The van der Waals surface area contributed by atoms with Crippen molar-refractivity contribution in [3.63, 3.8) is 0 Å². The van der Waals surface area contributed by atoms with E-state index in [1.807, 2.05) is 0 Å². The Balaban J connectivity index is 1.93. The number of carboxylic acids is 1. The van der Waals surface area contributed by atoms with Gasteiger partial charge in [-0.25, -0.2) is 18.6 Å². The molecule has 1 aliphatic rings. The summed E-state index contributed by atoms with van der Waals surface area (Å²) in [7, 11) is 0. The Hall–Kier alpha value is -2.83. The van der Waals surface area contributed by atoms with Gasteiger partial charge in [0.25, 0.3) is 5.91 Å². The second-order valence-corrected chi connectivity index (χ2v) is 6.32. The number of carbonyl (C=O) groups is 2. The molecule has 1 aliphatic carbocycles. The van der Waals surface area contributed by atoms with Crippen LogP contribution in [-0.4, -0.2) is 32.9 Å². The van der Waals surface area contributed by atoms with E-state index < -0.39 is 23.5 Å². The first-order chi connectivity index (χ1) is 12.5. The van der Waals surface area contributed by atoms with Gasteiger partial charge in [0.15, 0.2) is 0 Å². The van der Waals surface area contributed by atoms with Crippen LogP contribution in [0.15, 0.2) is 36.4 Å². The first-order valence-corrected chi connectivity index (χ1v) is 8.41. The lowest BCUT2D eigenvalue weighted by molar-refractivity contribution is 0.0654. The van der Waals surface area contributed by atoms with Gasteiger partial charge in [-0.1, -0.05) is 18.9 Å². The average molecular weight is 360 g/mol. The molecular formula is C19H18F2N2O3. The molecule has 1 saturated carbocycles. The third-order valence-corrected chi connectivity index (χ3v) is 4.56. The summed E-state index contributed by atoms with van der Waals surface area (Å²) in [5.74, 6) is -2.88. The van der Waals surface area contributed by atoms with Crippen LogP contribution in [0.1, 0.15) is 52.2 Å². The maximum Gasteiger partial charge on any atom is 0.354 e. The summed E-state index contributed by atoms with van der Waals surface area (Å²) in [4.78, 5) is 29.4. The van der Waals surface area contributed by atoms with Crippen LogP contribution in [0, 0.1) is 11.6 Å². The van der Waals surface area contributed by atoms with Crippen LogP contribution >= 0.6 is 0 Å². The number of rotatable bonds is 5. The number of aromatic carboxylic acids is 1. The fraction of sp³-hybridized carbons (Fsp3) is 0.316. The molecule has 0 saturated heterocycles. The number of amides is 1. The smallest absolute Gasteiger partial charge is 0.354 e. The minimum absolute atomic E-state index is 0.0198. The molecule has 0 aliphatic heterocycles. The van der Waals surface area contributed by atoms with E-state index in [9.17, 15) is 18.4 Å². The minimum atomic E-state index is -1.23. The first kappa shape index (κ1) is 18.0. The van der Waals surface area contributed by atoms with Gasteiger partial charge >= 0.3 is 5.97 Å². The molecule has 136 valence electrons. The zero-order valence-electron chi connectivity index (χ0n) is 14.0. The number of halogens is 2. The van der Waals surface area contributed by atoms with Gasteiger partial charge in [0.1, 0.15) is 23.0 Å². The molecule has 1 fully saturated rings. The number of benzene rings is 1. The van der Waals surface area contributed by atoms with Gasteiger partial charge in [-0.15, -0.1) is 0 Å². The lowest BCUT2D eigenvalue weighted by Gasteiger charge is -2.29. The molecule has 1 aromatic heterocycles. The lowest BCUT2D eigenvalue weighted by Crippen LogP contribution is -2.39. The van der Waals surface area contributed by atoms with E-state index in [4.69, 9.17) is 5.11 Å². The standard InChI is InChI=1S/C19H18F2N2O3/c20-13-8-9-15(21)12(10-13)11-23(14-4-1-2-5-14)18(24)16-6-3-7-17(22-16)19(25)26/h3,6-10,14H,1-2,4-5,11H2,(H,25,26). The summed E-state index contributed by atoms with van der Waals surface area (Å²) in [5, 5.41) is 9.06. The Morgan fingerprint density at radius 2 is 1.81 bits per heavy atom. The van der Waals surface area contributed by atoms with E-state index in [-0.39, 0.29) is 29.5 Å². The predicted octanol–water partition coefficient (Wildman–Crippen LogP) is 3.64. The number of carbonyl (C=O) groups excluding carboxylic acids is 1. The summed E-state index contributed by atoms with van der Waals surface area (Å²) in [5.41, 5.74) is -0.174. The van der Waals surface area contributed by atoms with Gasteiger partial charge in [-0.2, -0.15) is 0 Å². The van der Waals surface area contributed by atoms with E-state index >= 15 is 0 Å². The highest BCUT2D eigenvalue weighted by atomic mass is 19.1. The third kappa shape index (κ3) is 3.87. The number of nitrogens with zero attached hydrogens (tertiary/aromatic N) is 2. The lowest BCUT2D eigenvalue weighted by atomic mass is 10.1. The molecule has 0 unspecified atom stereocenters. The van der Waals surface area contributed by atoms with Crippen LogP contribution in [0.2, 0.25) is 0 Å². The molecular weight excluding hydrogens is 342 g/mol. The van der Waals surface area contributed by atoms with Crippen LogP contribution in [0.3, 0.4) is 0 Å². The summed E-state index contributed by atoms with van der Waals surface area (Å²) in [6.45, 7) is -0.0912.